The number of benzene rings is 2. The van der Waals surface area contributed by atoms with Crippen molar-refractivity contribution in [3.05, 3.63) is 80.5 Å². The van der Waals surface area contributed by atoms with Gasteiger partial charge in [0.25, 0.3) is 5.56 Å². The van der Waals surface area contributed by atoms with Gasteiger partial charge in [-0.05, 0) is 93.8 Å². The Morgan fingerprint density at radius 2 is 2.00 bits per heavy atom. The second-order valence-corrected chi connectivity index (χ2v) is 11.2. The number of ether oxygens (including phenoxy) is 4. The first kappa shape index (κ1) is 28.9. The number of methoxy groups -OCH3 is 2. The summed E-state index contributed by atoms with van der Waals surface area (Å²) in [6.07, 6.45) is 7.10. The van der Waals surface area contributed by atoms with Crippen LogP contribution in [0.3, 0.4) is 0 Å². The minimum absolute atomic E-state index is 0.105. The Morgan fingerprint density at radius 3 is 2.64 bits per heavy atom. The Kier molecular flexibility index (Phi) is 9.19. The van der Waals surface area contributed by atoms with E-state index in [0.717, 1.165) is 9.13 Å². The van der Waals surface area contributed by atoms with E-state index in [1.807, 2.05) is 18.2 Å². The van der Waals surface area contributed by atoms with Crippen LogP contribution in [-0.2, 0) is 9.53 Å². The molecule has 1 aliphatic rings. The lowest BCUT2D eigenvalue weighted by atomic mass is 9.96. The summed E-state index contributed by atoms with van der Waals surface area (Å²) >= 11 is 6.90. The summed E-state index contributed by atoms with van der Waals surface area (Å²) in [6.45, 7) is 3.78. The van der Waals surface area contributed by atoms with Crippen molar-refractivity contribution in [3.63, 3.8) is 0 Å². The van der Waals surface area contributed by atoms with Gasteiger partial charge in [-0.1, -0.05) is 23.3 Å². The molecule has 0 saturated heterocycles. The highest BCUT2D eigenvalue weighted by Gasteiger charge is 2.33. The maximum absolute atomic E-state index is 13.9. The van der Waals surface area contributed by atoms with Crippen molar-refractivity contribution >= 4 is 61.9 Å². The van der Waals surface area contributed by atoms with Crippen molar-refractivity contribution in [2.24, 2.45) is 4.99 Å². The van der Waals surface area contributed by atoms with E-state index >= 15 is 0 Å². The first-order valence-corrected chi connectivity index (χ1v) is 14.4. The number of allylic oxidation sites excluding steroid dienone is 1. The number of thiazole rings is 1. The van der Waals surface area contributed by atoms with Crippen LogP contribution in [0.1, 0.15) is 31.0 Å². The summed E-state index contributed by atoms with van der Waals surface area (Å²) in [7, 11) is 3.11. The Labute approximate surface area is 251 Å². The van der Waals surface area contributed by atoms with E-state index in [1.165, 1.54) is 15.9 Å². The van der Waals surface area contributed by atoms with Gasteiger partial charge in [0.1, 0.15) is 12.4 Å². The Morgan fingerprint density at radius 1 is 1.26 bits per heavy atom. The Bertz CT molecular complexity index is 1700. The number of carbonyl (C=O) groups excluding carboxylic acids is 1. The highest BCUT2D eigenvalue weighted by Crippen LogP contribution is 2.36. The van der Waals surface area contributed by atoms with Gasteiger partial charge in [-0.2, -0.15) is 0 Å². The van der Waals surface area contributed by atoms with E-state index in [-0.39, 0.29) is 18.8 Å². The zero-order valence-corrected chi connectivity index (χ0v) is 26.1. The monoisotopic (exact) mass is 722 g/mol. The lowest BCUT2D eigenvalue weighted by molar-refractivity contribution is -0.139. The molecule has 3 aromatic rings. The summed E-state index contributed by atoms with van der Waals surface area (Å²) in [4.78, 5) is 32.1. The van der Waals surface area contributed by atoms with Crippen LogP contribution in [0, 0.1) is 15.9 Å². The molecule has 202 valence electrons. The fourth-order valence-corrected chi connectivity index (χ4v) is 6.57. The molecule has 0 N–H and O–H groups in total. The molecule has 2 aromatic carbocycles. The fraction of sp³-hybridized carbons (Fsp3) is 0.250. The van der Waals surface area contributed by atoms with E-state index in [0.29, 0.717) is 47.9 Å². The number of fused-ring (bicyclic) bond motifs is 1. The van der Waals surface area contributed by atoms with Crippen LogP contribution >= 0.6 is 49.9 Å². The number of halogens is 2. The van der Waals surface area contributed by atoms with Crippen LogP contribution in [0.25, 0.3) is 6.08 Å². The second kappa shape index (κ2) is 12.4. The van der Waals surface area contributed by atoms with Gasteiger partial charge >= 0.3 is 5.97 Å². The van der Waals surface area contributed by atoms with Gasteiger partial charge in [0.2, 0.25) is 0 Å². The SMILES string of the molecule is C#CCOc1c(I)cc(/C=c2/sc3n(c2=O)[C@H](c2ccc(OC)c(Br)c2)C(C(=O)OCC)=C(C)N=3)cc1OC. The van der Waals surface area contributed by atoms with Crippen molar-refractivity contribution in [1.82, 2.24) is 4.57 Å². The first-order valence-electron chi connectivity index (χ1n) is 11.7. The molecular weight excluding hydrogens is 699 g/mol. The smallest absolute Gasteiger partial charge is 0.338 e. The van der Waals surface area contributed by atoms with E-state index in [4.69, 9.17) is 25.4 Å². The second-order valence-electron chi connectivity index (χ2n) is 8.22. The molecule has 0 spiro atoms. The van der Waals surface area contributed by atoms with E-state index < -0.39 is 12.0 Å². The van der Waals surface area contributed by atoms with Crippen molar-refractivity contribution in [2.75, 3.05) is 27.4 Å². The maximum atomic E-state index is 13.9. The van der Waals surface area contributed by atoms with Gasteiger partial charge in [0, 0.05) is 0 Å². The van der Waals surface area contributed by atoms with Crippen LogP contribution in [0.2, 0.25) is 0 Å². The summed E-state index contributed by atoms with van der Waals surface area (Å²) in [6, 6.07) is 8.36. The number of esters is 1. The highest BCUT2D eigenvalue weighted by molar-refractivity contribution is 14.1. The molecule has 0 amide bonds. The van der Waals surface area contributed by atoms with Crippen LogP contribution in [-0.4, -0.2) is 38.0 Å². The topological polar surface area (TPSA) is 88.4 Å². The summed E-state index contributed by atoms with van der Waals surface area (Å²) in [5.41, 5.74) is 1.95. The van der Waals surface area contributed by atoms with Crippen LogP contribution in [0.4, 0.5) is 0 Å². The van der Waals surface area contributed by atoms with Crippen LogP contribution < -0.4 is 29.1 Å². The predicted octanol–water partition coefficient (Wildman–Crippen LogP) is 4.19. The molecule has 0 saturated carbocycles. The molecule has 39 heavy (non-hydrogen) atoms. The van der Waals surface area contributed by atoms with Gasteiger partial charge < -0.3 is 18.9 Å². The largest absolute Gasteiger partial charge is 0.496 e. The molecular formula is C28H24BrIN2O6S. The van der Waals surface area contributed by atoms with Crippen LogP contribution in [0.15, 0.2) is 55.9 Å². The number of hydrogen-bond acceptors (Lipinski definition) is 8. The normalized spacial score (nSPS) is 14.8. The van der Waals surface area contributed by atoms with E-state index in [1.54, 1.807) is 46.3 Å². The molecule has 11 heteroatoms. The molecule has 0 bridgehead atoms. The zero-order valence-electron chi connectivity index (χ0n) is 21.5. The van der Waals surface area contributed by atoms with Gasteiger partial charge in [-0.15, -0.1) is 6.42 Å². The number of rotatable bonds is 8. The Hall–Kier alpha value is -3.08. The fourth-order valence-electron chi connectivity index (χ4n) is 4.19. The average Bonchev–Trinajstić information content (AvgIpc) is 3.20. The molecule has 0 fully saturated rings. The number of nitrogens with zero attached hydrogens (tertiary/aromatic N) is 2. The lowest BCUT2D eigenvalue weighted by Gasteiger charge is -2.25. The number of aromatic nitrogens is 1. The van der Waals surface area contributed by atoms with Gasteiger partial charge in [-0.25, -0.2) is 9.79 Å². The van der Waals surface area contributed by atoms with E-state index in [2.05, 4.69) is 49.4 Å². The molecule has 0 aliphatic carbocycles. The Balaban J connectivity index is 1.92. The molecule has 2 heterocycles. The lowest BCUT2D eigenvalue weighted by Crippen LogP contribution is -2.40. The van der Waals surface area contributed by atoms with Crippen molar-refractivity contribution in [3.8, 4) is 29.6 Å². The number of terminal acetylenes is 1. The molecule has 1 aliphatic heterocycles. The molecule has 1 aromatic heterocycles. The molecule has 0 unspecified atom stereocenters. The summed E-state index contributed by atoms with van der Waals surface area (Å²) in [5, 5.41) is 0. The molecule has 8 nitrogen and oxygen atoms in total. The summed E-state index contributed by atoms with van der Waals surface area (Å²) in [5.74, 6) is 3.59. The third-order valence-corrected chi connectivity index (χ3v) is 8.26. The number of carbonyl (C=O) groups is 1. The summed E-state index contributed by atoms with van der Waals surface area (Å²) < 4.78 is 25.3. The van der Waals surface area contributed by atoms with Gasteiger partial charge in [0.15, 0.2) is 16.3 Å². The van der Waals surface area contributed by atoms with E-state index in [9.17, 15) is 9.59 Å². The van der Waals surface area contributed by atoms with Crippen molar-refractivity contribution in [2.45, 2.75) is 19.9 Å². The average molecular weight is 723 g/mol. The minimum Gasteiger partial charge on any atom is -0.496 e. The number of hydrogen-bond donors (Lipinski definition) is 0. The first-order chi connectivity index (χ1) is 18.7. The van der Waals surface area contributed by atoms with Crippen molar-refractivity contribution < 1.29 is 23.7 Å². The molecule has 4 rings (SSSR count). The third-order valence-electron chi connectivity index (χ3n) is 5.86. The van der Waals surface area contributed by atoms with Crippen molar-refractivity contribution in [1.29, 1.82) is 0 Å². The predicted molar refractivity (Wildman–Crippen MR) is 161 cm³/mol. The zero-order chi connectivity index (χ0) is 28.3. The molecule has 0 radical (unpaired) electrons. The van der Waals surface area contributed by atoms with Gasteiger partial charge in [0.05, 0.1) is 50.7 Å². The van der Waals surface area contributed by atoms with Gasteiger partial charge in [-0.3, -0.25) is 9.36 Å². The maximum Gasteiger partial charge on any atom is 0.338 e. The third kappa shape index (κ3) is 5.78. The standard InChI is InChI=1S/C28H24BrIN2O6S/c1-6-10-38-25-19(30)11-16(12-21(25)36-5)13-22-26(33)32-24(17-8-9-20(35-4)18(29)14-17)23(27(34)37-7-2)15(3)31-28(32)39-22/h1,8-9,11-14,24H,7,10H2,2-5H3/b22-13+/t24-/m1/s1. The quantitative estimate of drug-likeness (QED) is 0.197. The minimum atomic E-state index is -0.737. The molecule has 1 atom stereocenters. The van der Waals surface area contributed by atoms with Crippen LogP contribution in [0.5, 0.6) is 17.2 Å². The highest BCUT2D eigenvalue weighted by atomic mass is 127.